The summed E-state index contributed by atoms with van der Waals surface area (Å²) in [5, 5.41) is 5.76. The Bertz CT molecular complexity index is 1110. The van der Waals surface area contributed by atoms with Crippen molar-refractivity contribution < 1.29 is 23.9 Å². The largest absolute Gasteiger partial charge is 0.497 e. The second kappa shape index (κ2) is 13.0. The zero-order valence-corrected chi connectivity index (χ0v) is 25.0. The molecule has 3 amide bonds. The maximum atomic E-state index is 14.4. The fourth-order valence-corrected chi connectivity index (χ4v) is 4.16. The number of hydrogen-bond acceptors (Lipinski definition) is 5. The normalized spacial score (nSPS) is 14.0. The lowest BCUT2D eigenvalue weighted by atomic mass is 9.91. The van der Waals surface area contributed by atoms with Crippen molar-refractivity contribution in [2.45, 2.75) is 92.0 Å². The molecule has 3 unspecified atom stereocenters. The number of benzene rings is 2. The smallest absolute Gasteiger partial charge is 0.408 e. The molecule has 8 heteroatoms. The van der Waals surface area contributed by atoms with E-state index in [4.69, 9.17) is 9.47 Å². The van der Waals surface area contributed by atoms with Gasteiger partial charge in [0.25, 0.3) is 5.91 Å². The van der Waals surface area contributed by atoms with Crippen LogP contribution in [0.25, 0.3) is 0 Å². The van der Waals surface area contributed by atoms with Crippen molar-refractivity contribution in [3.05, 3.63) is 59.7 Å². The highest BCUT2D eigenvalue weighted by atomic mass is 16.6. The van der Waals surface area contributed by atoms with Crippen LogP contribution in [-0.2, 0) is 14.3 Å². The minimum Gasteiger partial charge on any atom is -0.497 e. The van der Waals surface area contributed by atoms with Crippen molar-refractivity contribution in [3.63, 3.8) is 0 Å². The summed E-state index contributed by atoms with van der Waals surface area (Å²) >= 11 is 0. The Labute approximate surface area is 233 Å². The number of aryl methyl sites for hydroxylation is 1. The molecule has 0 aliphatic rings. The Kier molecular flexibility index (Phi) is 10.6. The molecule has 2 aromatic carbocycles. The lowest BCUT2D eigenvalue weighted by molar-refractivity contribution is -0.147. The average Bonchev–Trinajstić information content (AvgIpc) is 2.84. The molecule has 3 atom stereocenters. The van der Waals surface area contributed by atoms with Crippen LogP contribution in [0.2, 0.25) is 0 Å². The molecule has 0 saturated heterocycles. The number of ether oxygens (including phenoxy) is 2. The number of alkyl carbamates (subject to hydrolysis) is 1. The number of nitrogens with zero attached hydrogens (tertiary/aromatic N) is 1. The fraction of sp³-hybridized carbons (Fsp3) is 0.516. The Morgan fingerprint density at radius 3 is 1.95 bits per heavy atom. The van der Waals surface area contributed by atoms with Gasteiger partial charge in [0.1, 0.15) is 23.4 Å². The van der Waals surface area contributed by atoms with Gasteiger partial charge >= 0.3 is 6.09 Å². The van der Waals surface area contributed by atoms with E-state index >= 15 is 0 Å². The van der Waals surface area contributed by atoms with Gasteiger partial charge in [0, 0.05) is 11.2 Å². The summed E-state index contributed by atoms with van der Waals surface area (Å²) in [6, 6.07) is 12.7. The lowest BCUT2D eigenvalue weighted by Gasteiger charge is -2.43. The summed E-state index contributed by atoms with van der Waals surface area (Å²) in [6.07, 6.45) is -0.0400. The molecule has 2 aromatic rings. The third-order valence-corrected chi connectivity index (χ3v) is 6.37. The quantitative estimate of drug-likeness (QED) is 0.393. The molecule has 0 spiro atoms. The van der Waals surface area contributed by atoms with Crippen LogP contribution < -0.4 is 15.4 Å². The van der Waals surface area contributed by atoms with Gasteiger partial charge in [-0.25, -0.2) is 4.79 Å². The number of carbonyl (C=O) groups excluding carboxylic acids is 3. The van der Waals surface area contributed by atoms with Gasteiger partial charge in [0.2, 0.25) is 5.91 Å². The van der Waals surface area contributed by atoms with Gasteiger partial charge in [-0.15, -0.1) is 0 Å². The van der Waals surface area contributed by atoms with Crippen LogP contribution in [0.1, 0.15) is 79.0 Å². The summed E-state index contributed by atoms with van der Waals surface area (Å²) in [7, 11) is 1.58. The molecule has 0 aliphatic heterocycles. The molecule has 0 radical (unpaired) electrons. The van der Waals surface area contributed by atoms with E-state index in [2.05, 4.69) is 10.6 Å². The molecule has 0 fully saturated rings. The second-order valence-corrected chi connectivity index (χ2v) is 11.9. The Morgan fingerprint density at radius 1 is 0.923 bits per heavy atom. The van der Waals surface area contributed by atoms with E-state index in [1.54, 1.807) is 57.0 Å². The van der Waals surface area contributed by atoms with Crippen LogP contribution in [0.5, 0.6) is 5.75 Å². The molecule has 0 bridgehead atoms. The molecule has 39 heavy (non-hydrogen) atoms. The van der Waals surface area contributed by atoms with Crippen molar-refractivity contribution >= 4 is 23.6 Å². The second-order valence-electron chi connectivity index (χ2n) is 11.9. The van der Waals surface area contributed by atoms with Crippen molar-refractivity contribution in [2.24, 2.45) is 5.92 Å². The number of carbonyl (C=O) groups is 3. The third-order valence-electron chi connectivity index (χ3n) is 6.37. The first-order valence-electron chi connectivity index (χ1n) is 13.4. The van der Waals surface area contributed by atoms with Gasteiger partial charge in [-0.3, -0.25) is 9.59 Å². The van der Waals surface area contributed by atoms with Crippen LogP contribution in [0.3, 0.4) is 0 Å². The van der Waals surface area contributed by atoms with Crippen LogP contribution in [-0.4, -0.2) is 47.1 Å². The zero-order chi connectivity index (χ0) is 29.5. The maximum Gasteiger partial charge on any atom is 0.408 e. The average molecular weight is 540 g/mol. The Morgan fingerprint density at radius 2 is 1.49 bits per heavy atom. The number of methoxy groups -OCH3 is 1. The van der Waals surface area contributed by atoms with E-state index in [1.807, 2.05) is 65.8 Å². The van der Waals surface area contributed by atoms with Crippen molar-refractivity contribution in [3.8, 4) is 5.75 Å². The highest BCUT2D eigenvalue weighted by molar-refractivity contribution is 5.99. The van der Waals surface area contributed by atoms with E-state index in [-0.39, 0.29) is 17.7 Å². The molecule has 2 rings (SSSR count). The van der Waals surface area contributed by atoms with Crippen molar-refractivity contribution in [1.29, 1.82) is 0 Å². The molecular formula is C31H45N3O5. The minimum atomic E-state index is -0.966. The van der Waals surface area contributed by atoms with E-state index in [1.165, 1.54) is 0 Å². The van der Waals surface area contributed by atoms with Crippen LogP contribution in [0.4, 0.5) is 10.5 Å². The Balaban J connectivity index is 2.58. The molecule has 0 saturated carbocycles. The molecule has 0 aliphatic carbocycles. The van der Waals surface area contributed by atoms with Crippen LogP contribution in [0, 0.1) is 12.8 Å². The van der Waals surface area contributed by atoms with Gasteiger partial charge < -0.3 is 25.0 Å². The number of anilines is 1. The molecule has 8 nitrogen and oxygen atoms in total. The van der Waals surface area contributed by atoms with Crippen molar-refractivity contribution in [1.82, 2.24) is 10.2 Å². The summed E-state index contributed by atoms with van der Waals surface area (Å²) < 4.78 is 10.7. The zero-order valence-electron chi connectivity index (χ0n) is 25.0. The first-order valence-corrected chi connectivity index (χ1v) is 13.4. The van der Waals surface area contributed by atoms with Gasteiger partial charge in [-0.2, -0.15) is 0 Å². The van der Waals surface area contributed by atoms with Crippen LogP contribution >= 0.6 is 0 Å². The Hall–Kier alpha value is -3.55. The molecule has 0 aromatic heterocycles. The van der Waals surface area contributed by atoms with E-state index in [9.17, 15) is 14.4 Å². The molecule has 0 heterocycles. The number of rotatable bonds is 9. The third kappa shape index (κ3) is 9.01. The summed E-state index contributed by atoms with van der Waals surface area (Å²) in [5.74, 6) is -0.275. The highest BCUT2D eigenvalue weighted by Crippen LogP contribution is 2.32. The predicted molar refractivity (Wildman–Crippen MR) is 155 cm³/mol. The fourth-order valence-electron chi connectivity index (χ4n) is 4.16. The topological polar surface area (TPSA) is 97.0 Å². The monoisotopic (exact) mass is 539 g/mol. The van der Waals surface area contributed by atoms with Gasteiger partial charge in [0.15, 0.2) is 0 Å². The SMILES string of the molecule is CCC(C)C(NC(=O)OC(C)(C)C)C(=O)N(C(C(=O)Nc1ccc(OC)cc1)c1ccc(C)cc1)C(C)(C)C. The summed E-state index contributed by atoms with van der Waals surface area (Å²) in [4.78, 5) is 42.7. The predicted octanol–water partition coefficient (Wildman–Crippen LogP) is 6.25. The number of hydrogen-bond donors (Lipinski definition) is 2. The maximum absolute atomic E-state index is 14.4. The molecule has 214 valence electrons. The molecular weight excluding hydrogens is 494 g/mol. The number of nitrogens with one attached hydrogen (secondary N) is 2. The summed E-state index contributed by atoms with van der Waals surface area (Å²) in [5.41, 5.74) is 0.774. The van der Waals surface area contributed by atoms with Crippen LogP contribution in [0.15, 0.2) is 48.5 Å². The van der Waals surface area contributed by atoms with E-state index in [0.29, 0.717) is 23.4 Å². The standard InChI is InChI=1S/C31H45N3O5/c1-11-21(3)25(33-29(37)39-31(7,8)9)28(36)34(30(4,5)6)26(22-14-12-20(2)13-15-22)27(35)32-23-16-18-24(38-10)19-17-23/h12-19,21,25-26H,11H2,1-10H3,(H,32,35)(H,33,37). The van der Waals surface area contributed by atoms with Gasteiger partial charge in [0.05, 0.1) is 7.11 Å². The van der Waals surface area contributed by atoms with Gasteiger partial charge in [-0.1, -0.05) is 50.1 Å². The highest BCUT2D eigenvalue weighted by Gasteiger charge is 2.43. The minimum absolute atomic E-state index is 0.210. The van der Waals surface area contributed by atoms with E-state index in [0.717, 1.165) is 5.56 Å². The molecule has 2 N–H and O–H groups in total. The van der Waals surface area contributed by atoms with Crippen molar-refractivity contribution in [2.75, 3.05) is 12.4 Å². The number of amides is 3. The first kappa shape index (κ1) is 31.7. The van der Waals surface area contributed by atoms with Gasteiger partial charge in [-0.05, 0) is 84.2 Å². The lowest BCUT2D eigenvalue weighted by Crippen LogP contribution is -2.59. The first-order chi connectivity index (χ1) is 18.1. The summed E-state index contributed by atoms with van der Waals surface area (Å²) in [6.45, 7) is 16.8. The van der Waals surface area contributed by atoms with E-state index < -0.39 is 29.3 Å².